The minimum absolute atomic E-state index is 0.181. The highest BCUT2D eigenvalue weighted by Crippen LogP contribution is 2.33. The van der Waals surface area contributed by atoms with Crippen LogP contribution in [-0.4, -0.2) is 10.1 Å². The zero-order chi connectivity index (χ0) is 7.68. The minimum Gasteiger partial charge on any atom is -0.493 e. The molecule has 1 aliphatic carbocycles. The standard InChI is InChI=1S/C8H11NOS/c10-7-5-11-8(9-7)4-3-6-1-2-6/h5-6,10H,1-4H2. The van der Waals surface area contributed by atoms with Crippen molar-refractivity contribution in [1.82, 2.24) is 4.98 Å². The van der Waals surface area contributed by atoms with Crippen molar-refractivity contribution < 1.29 is 5.11 Å². The smallest absolute Gasteiger partial charge is 0.222 e. The Morgan fingerprint density at radius 2 is 2.45 bits per heavy atom. The first-order chi connectivity index (χ1) is 5.34. The predicted octanol–water partition coefficient (Wildman–Crippen LogP) is 2.19. The summed E-state index contributed by atoms with van der Waals surface area (Å²) in [6.07, 6.45) is 5.11. The van der Waals surface area contributed by atoms with Gasteiger partial charge in [0.1, 0.15) is 0 Å². The van der Waals surface area contributed by atoms with Crippen molar-refractivity contribution in [3.63, 3.8) is 0 Å². The van der Waals surface area contributed by atoms with Crippen molar-refractivity contribution in [2.45, 2.75) is 25.7 Å². The summed E-state index contributed by atoms with van der Waals surface area (Å²) in [7, 11) is 0. The molecular formula is C8H11NOS. The van der Waals surface area contributed by atoms with Gasteiger partial charge in [-0.05, 0) is 18.8 Å². The average Bonchev–Trinajstić information content (AvgIpc) is 2.72. The molecule has 1 aliphatic rings. The van der Waals surface area contributed by atoms with Crippen molar-refractivity contribution in [3.05, 3.63) is 10.4 Å². The predicted molar refractivity (Wildman–Crippen MR) is 44.8 cm³/mol. The molecule has 1 fully saturated rings. The molecule has 0 aromatic carbocycles. The fourth-order valence-electron chi connectivity index (χ4n) is 1.15. The van der Waals surface area contributed by atoms with Gasteiger partial charge in [-0.25, -0.2) is 4.98 Å². The lowest BCUT2D eigenvalue weighted by Gasteiger charge is -1.91. The molecule has 0 amide bonds. The van der Waals surface area contributed by atoms with Crippen molar-refractivity contribution in [1.29, 1.82) is 0 Å². The topological polar surface area (TPSA) is 33.1 Å². The average molecular weight is 169 g/mol. The highest BCUT2D eigenvalue weighted by molar-refractivity contribution is 7.09. The van der Waals surface area contributed by atoms with E-state index in [-0.39, 0.29) is 5.88 Å². The Morgan fingerprint density at radius 3 is 3.00 bits per heavy atom. The summed E-state index contributed by atoms with van der Waals surface area (Å²) >= 11 is 1.56. The molecule has 0 aliphatic heterocycles. The third-order valence-electron chi connectivity index (χ3n) is 2.00. The fraction of sp³-hybridized carbons (Fsp3) is 0.625. The van der Waals surface area contributed by atoms with Crippen LogP contribution >= 0.6 is 11.3 Å². The third-order valence-corrected chi connectivity index (χ3v) is 2.90. The molecule has 0 saturated heterocycles. The molecule has 1 N–H and O–H groups in total. The van der Waals surface area contributed by atoms with Gasteiger partial charge in [-0.2, -0.15) is 0 Å². The molecule has 2 nitrogen and oxygen atoms in total. The summed E-state index contributed by atoms with van der Waals surface area (Å²) in [5.74, 6) is 1.14. The number of aryl methyl sites for hydroxylation is 1. The van der Waals surface area contributed by atoms with Crippen LogP contribution in [0.2, 0.25) is 0 Å². The molecule has 1 aromatic heterocycles. The van der Waals surface area contributed by atoms with Gasteiger partial charge >= 0.3 is 0 Å². The van der Waals surface area contributed by atoms with E-state index in [1.165, 1.54) is 19.3 Å². The Morgan fingerprint density at radius 1 is 1.64 bits per heavy atom. The maximum absolute atomic E-state index is 8.93. The monoisotopic (exact) mass is 169 g/mol. The minimum atomic E-state index is 0.181. The molecule has 3 heteroatoms. The normalized spacial score (nSPS) is 17.1. The van der Waals surface area contributed by atoms with E-state index in [1.54, 1.807) is 16.7 Å². The van der Waals surface area contributed by atoms with Gasteiger partial charge in [0.25, 0.3) is 0 Å². The van der Waals surface area contributed by atoms with E-state index in [1.807, 2.05) is 0 Å². The van der Waals surface area contributed by atoms with E-state index < -0.39 is 0 Å². The molecule has 0 unspecified atom stereocenters. The van der Waals surface area contributed by atoms with E-state index in [0.29, 0.717) is 0 Å². The zero-order valence-corrected chi connectivity index (χ0v) is 7.10. The molecule has 1 aromatic rings. The fourth-order valence-corrected chi connectivity index (χ4v) is 1.83. The summed E-state index contributed by atoms with van der Waals surface area (Å²) in [6.45, 7) is 0. The van der Waals surface area contributed by atoms with Crippen LogP contribution in [0, 0.1) is 5.92 Å². The van der Waals surface area contributed by atoms with Crippen molar-refractivity contribution >= 4 is 11.3 Å². The van der Waals surface area contributed by atoms with Crippen LogP contribution in [0.5, 0.6) is 5.88 Å². The van der Waals surface area contributed by atoms with Gasteiger partial charge in [-0.3, -0.25) is 0 Å². The highest BCUT2D eigenvalue weighted by atomic mass is 32.1. The highest BCUT2D eigenvalue weighted by Gasteiger charge is 2.20. The lowest BCUT2D eigenvalue weighted by Crippen LogP contribution is -1.84. The van der Waals surface area contributed by atoms with Gasteiger partial charge in [0.2, 0.25) is 5.88 Å². The largest absolute Gasteiger partial charge is 0.493 e. The van der Waals surface area contributed by atoms with Crippen LogP contribution in [0.1, 0.15) is 24.3 Å². The molecule has 0 radical (unpaired) electrons. The van der Waals surface area contributed by atoms with E-state index in [4.69, 9.17) is 5.11 Å². The summed E-state index contributed by atoms with van der Waals surface area (Å²) in [6, 6.07) is 0. The van der Waals surface area contributed by atoms with Crippen LogP contribution < -0.4 is 0 Å². The number of nitrogens with zero attached hydrogens (tertiary/aromatic N) is 1. The maximum atomic E-state index is 8.93. The van der Waals surface area contributed by atoms with Crippen molar-refractivity contribution in [3.8, 4) is 5.88 Å². The van der Waals surface area contributed by atoms with Crippen LogP contribution in [-0.2, 0) is 6.42 Å². The molecule has 0 atom stereocenters. The van der Waals surface area contributed by atoms with Gasteiger partial charge in [0, 0.05) is 0 Å². The first-order valence-electron chi connectivity index (χ1n) is 3.98. The molecule has 0 spiro atoms. The number of hydrogen-bond acceptors (Lipinski definition) is 3. The van der Waals surface area contributed by atoms with Crippen molar-refractivity contribution in [2.24, 2.45) is 5.92 Å². The summed E-state index contributed by atoms with van der Waals surface area (Å²) < 4.78 is 0. The van der Waals surface area contributed by atoms with Crippen LogP contribution in [0.15, 0.2) is 5.38 Å². The number of aromatic nitrogens is 1. The second kappa shape index (κ2) is 2.81. The number of aromatic hydroxyl groups is 1. The second-order valence-corrected chi connectivity index (χ2v) is 4.02. The summed E-state index contributed by atoms with van der Waals surface area (Å²) in [5.41, 5.74) is 0. The van der Waals surface area contributed by atoms with E-state index in [0.717, 1.165) is 17.3 Å². The molecular weight excluding hydrogens is 158 g/mol. The van der Waals surface area contributed by atoms with E-state index in [9.17, 15) is 0 Å². The Bertz CT molecular complexity index is 242. The first-order valence-corrected chi connectivity index (χ1v) is 4.86. The number of rotatable bonds is 3. The van der Waals surface area contributed by atoms with E-state index >= 15 is 0 Å². The molecule has 2 rings (SSSR count). The zero-order valence-electron chi connectivity index (χ0n) is 6.29. The van der Waals surface area contributed by atoms with Crippen LogP contribution in [0.3, 0.4) is 0 Å². The van der Waals surface area contributed by atoms with E-state index in [2.05, 4.69) is 4.98 Å². The molecule has 11 heavy (non-hydrogen) atoms. The Labute approximate surface area is 69.9 Å². The van der Waals surface area contributed by atoms with Gasteiger partial charge in [-0.1, -0.05) is 12.8 Å². The number of thiazole rings is 1. The molecule has 1 heterocycles. The van der Waals surface area contributed by atoms with Gasteiger partial charge in [0.05, 0.1) is 10.4 Å². The maximum Gasteiger partial charge on any atom is 0.222 e. The lowest BCUT2D eigenvalue weighted by molar-refractivity contribution is 0.455. The Balaban J connectivity index is 1.85. The summed E-state index contributed by atoms with van der Waals surface area (Å²) in [4.78, 5) is 3.98. The Kier molecular flexibility index (Phi) is 1.82. The van der Waals surface area contributed by atoms with Gasteiger partial charge in [0.15, 0.2) is 0 Å². The van der Waals surface area contributed by atoms with Crippen molar-refractivity contribution in [2.75, 3.05) is 0 Å². The molecule has 60 valence electrons. The SMILES string of the molecule is Oc1csc(CCC2CC2)n1. The second-order valence-electron chi connectivity index (χ2n) is 3.08. The summed E-state index contributed by atoms with van der Waals surface area (Å²) in [5, 5.41) is 11.7. The van der Waals surface area contributed by atoms with Gasteiger partial charge < -0.3 is 5.11 Å². The molecule has 1 saturated carbocycles. The van der Waals surface area contributed by atoms with Crippen LogP contribution in [0.4, 0.5) is 0 Å². The molecule has 0 bridgehead atoms. The van der Waals surface area contributed by atoms with Crippen LogP contribution in [0.25, 0.3) is 0 Å². The quantitative estimate of drug-likeness (QED) is 0.752. The number of hydrogen-bond donors (Lipinski definition) is 1. The third kappa shape index (κ3) is 1.93. The lowest BCUT2D eigenvalue weighted by atomic mass is 10.2. The Hall–Kier alpha value is -0.570. The first kappa shape index (κ1) is 7.10. The van der Waals surface area contributed by atoms with Gasteiger partial charge in [-0.15, -0.1) is 11.3 Å².